The van der Waals surface area contributed by atoms with E-state index in [0.29, 0.717) is 26.1 Å². The largest absolute Gasteiger partial charge is 0.497 e. The molecule has 2 heterocycles. The zero-order chi connectivity index (χ0) is 18.6. The number of nitrogens with zero attached hydrogens (tertiary/aromatic N) is 2. The van der Waals surface area contributed by atoms with Gasteiger partial charge in [-0.1, -0.05) is 18.2 Å². The van der Waals surface area contributed by atoms with E-state index in [2.05, 4.69) is 29.2 Å². The van der Waals surface area contributed by atoms with E-state index in [1.807, 2.05) is 17.0 Å². The van der Waals surface area contributed by atoms with Gasteiger partial charge in [-0.2, -0.15) is 0 Å². The van der Waals surface area contributed by atoms with Gasteiger partial charge in [0, 0.05) is 19.5 Å². The molecule has 0 aliphatic carbocycles. The minimum absolute atomic E-state index is 0.0546. The molecular formula is C22H28N2O3. The second-order valence-corrected chi connectivity index (χ2v) is 7.47. The Hall–Kier alpha value is -2.11. The minimum atomic E-state index is -0.0546. The summed E-state index contributed by atoms with van der Waals surface area (Å²) in [5.41, 5.74) is 1.13. The van der Waals surface area contributed by atoms with Crippen molar-refractivity contribution in [2.45, 2.75) is 25.4 Å². The number of likely N-dealkylation sites (tertiary alicyclic amines) is 1. The molecule has 0 radical (unpaired) electrons. The molecule has 2 saturated heterocycles. The first-order chi connectivity index (χ1) is 13.2. The lowest BCUT2D eigenvalue weighted by Crippen LogP contribution is -2.43. The first-order valence-electron chi connectivity index (χ1n) is 9.92. The number of fused-ring (bicyclic) bond motifs is 1. The molecular weight excluding hydrogens is 340 g/mol. The average molecular weight is 368 g/mol. The highest BCUT2D eigenvalue weighted by Gasteiger charge is 2.26. The highest BCUT2D eigenvalue weighted by atomic mass is 16.5. The van der Waals surface area contributed by atoms with E-state index in [1.165, 1.54) is 12.8 Å². The quantitative estimate of drug-likeness (QED) is 0.813. The fourth-order valence-corrected chi connectivity index (χ4v) is 4.07. The van der Waals surface area contributed by atoms with E-state index in [4.69, 9.17) is 9.47 Å². The van der Waals surface area contributed by atoms with Gasteiger partial charge in [0.15, 0.2) is 0 Å². The van der Waals surface area contributed by atoms with Gasteiger partial charge in [0.25, 0.3) is 0 Å². The maximum Gasteiger partial charge on any atom is 0.224 e. The summed E-state index contributed by atoms with van der Waals surface area (Å²) >= 11 is 0. The summed E-state index contributed by atoms with van der Waals surface area (Å²) in [6.45, 7) is 5.10. The number of ether oxygens (including phenoxy) is 2. The highest BCUT2D eigenvalue weighted by Crippen LogP contribution is 2.28. The molecule has 0 spiro atoms. The topological polar surface area (TPSA) is 42.0 Å². The highest BCUT2D eigenvalue weighted by molar-refractivity contribution is 5.84. The normalized spacial score (nSPS) is 20.9. The summed E-state index contributed by atoms with van der Waals surface area (Å²) in [7, 11) is 1.68. The summed E-state index contributed by atoms with van der Waals surface area (Å²) in [4.78, 5) is 17.0. The van der Waals surface area contributed by atoms with E-state index < -0.39 is 0 Å². The molecule has 2 fully saturated rings. The number of hydrogen-bond acceptors (Lipinski definition) is 4. The van der Waals surface area contributed by atoms with Crippen LogP contribution in [0.25, 0.3) is 10.8 Å². The number of morpholine rings is 1. The Balaban J connectivity index is 1.41. The molecule has 2 aromatic carbocycles. The molecule has 2 aliphatic heterocycles. The van der Waals surface area contributed by atoms with E-state index in [1.54, 1.807) is 7.11 Å². The van der Waals surface area contributed by atoms with E-state index in [0.717, 1.165) is 41.7 Å². The zero-order valence-electron chi connectivity index (χ0n) is 16.0. The summed E-state index contributed by atoms with van der Waals surface area (Å²) in [6, 6.07) is 12.4. The summed E-state index contributed by atoms with van der Waals surface area (Å²) < 4.78 is 11.3. The Morgan fingerprint density at radius 1 is 1.11 bits per heavy atom. The van der Waals surface area contributed by atoms with Crippen molar-refractivity contribution in [2.75, 3.05) is 46.4 Å². The van der Waals surface area contributed by atoms with Crippen molar-refractivity contribution >= 4 is 16.7 Å². The van der Waals surface area contributed by atoms with Gasteiger partial charge in [-0.25, -0.2) is 0 Å². The number of methoxy groups -OCH3 is 1. The van der Waals surface area contributed by atoms with Crippen LogP contribution in [0.4, 0.5) is 0 Å². The Morgan fingerprint density at radius 3 is 2.70 bits per heavy atom. The zero-order valence-corrected chi connectivity index (χ0v) is 16.0. The van der Waals surface area contributed by atoms with Gasteiger partial charge >= 0.3 is 0 Å². The van der Waals surface area contributed by atoms with Crippen molar-refractivity contribution < 1.29 is 14.3 Å². The van der Waals surface area contributed by atoms with Crippen LogP contribution in [-0.2, 0) is 9.53 Å². The van der Waals surface area contributed by atoms with Gasteiger partial charge in [-0.15, -0.1) is 0 Å². The molecule has 5 heteroatoms. The number of hydrogen-bond donors (Lipinski definition) is 0. The molecule has 0 bridgehead atoms. The van der Waals surface area contributed by atoms with Crippen LogP contribution in [0.3, 0.4) is 0 Å². The molecule has 2 aliphatic rings. The lowest BCUT2D eigenvalue weighted by atomic mass is 10.0. The van der Waals surface area contributed by atoms with Crippen LogP contribution < -0.4 is 4.74 Å². The van der Waals surface area contributed by atoms with Gasteiger partial charge < -0.3 is 19.3 Å². The molecule has 0 unspecified atom stereocenters. The van der Waals surface area contributed by atoms with Crippen LogP contribution in [0.1, 0.15) is 30.9 Å². The molecule has 0 saturated carbocycles. The fourth-order valence-electron chi connectivity index (χ4n) is 4.07. The van der Waals surface area contributed by atoms with Gasteiger partial charge in [0.05, 0.1) is 20.3 Å². The lowest BCUT2D eigenvalue weighted by molar-refractivity contribution is -0.139. The maximum atomic E-state index is 12.6. The van der Waals surface area contributed by atoms with E-state index in [9.17, 15) is 4.79 Å². The van der Waals surface area contributed by atoms with Crippen molar-refractivity contribution in [1.29, 1.82) is 0 Å². The third kappa shape index (κ3) is 4.25. The third-order valence-corrected chi connectivity index (χ3v) is 5.70. The van der Waals surface area contributed by atoms with Crippen molar-refractivity contribution in [3.05, 3.63) is 42.0 Å². The third-order valence-electron chi connectivity index (χ3n) is 5.70. The molecule has 4 rings (SSSR count). The molecule has 0 aromatic heterocycles. The molecule has 5 nitrogen and oxygen atoms in total. The summed E-state index contributed by atoms with van der Waals surface area (Å²) in [5, 5.41) is 2.31. The van der Waals surface area contributed by atoms with Crippen LogP contribution >= 0.6 is 0 Å². The second kappa shape index (κ2) is 8.28. The smallest absolute Gasteiger partial charge is 0.224 e. The molecule has 0 N–H and O–H groups in total. The lowest BCUT2D eigenvalue weighted by Gasteiger charge is -2.33. The van der Waals surface area contributed by atoms with Crippen LogP contribution in [0.15, 0.2) is 36.4 Å². The van der Waals surface area contributed by atoms with Crippen molar-refractivity contribution in [1.82, 2.24) is 9.80 Å². The Kier molecular flexibility index (Phi) is 5.60. The van der Waals surface area contributed by atoms with Crippen molar-refractivity contribution in [3.8, 4) is 5.75 Å². The van der Waals surface area contributed by atoms with E-state index >= 15 is 0 Å². The monoisotopic (exact) mass is 368 g/mol. The first-order valence-corrected chi connectivity index (χ1v) is 9.92. The second-order valence-electron chi connectivity index (χ2n) is 7.47. The van der Waals surface area contributed by atoms with Gasteiger partial charge in [-0.3, -0.25) is 4.79 Å². The molecule has 27 heavy (non-hydrogen) atoms. The number of rotatable bonds is 5. The van der Waals surface area contributed by atoms with Crippen molar-refractivity contribution in [2.24, 2.45) is 0 Å². The first kappa shape index (κ1) is 18.3. The number of carbonyl (C=O) groups excluding carboxylic acids is 1. The molecule has 1 amide bonds. The standard InChI is InChI=1S/C22H28N2O3/c1-26-20-7-6-17-14-19(5-4-18(17)15-20)21-16-24(12-13-27-21)22(25)8-11-23-9-2-3-10-23/h4-7,14-15,21H,2-3,8-13,16H2,1H3/t21-/m0/s1. The summed E-state index contributed by atoms with van der Waals surface area (Å²) in [5.74, 6) is 1.11. The minimum Gasteiger partial charge on any atom is -0.497 e. The van der Waals surface area contributed by atoms with Gasteiger partial charge in [0.2, 0.25) is 5.91 Å². The predicted molar refractivity (Wildman–Crippen MR) is 106 cm³/mol. The van der Waals surface area contributed by atoms with Crippen LogP contribution in [0, 0.1) is 0 Å². The number of carbonyl (C=O) groups is 1. The van der Waals surface area contributed by atoms with Crippen molar-refractivity contribution in [3.63, 3.8) is 0 Å². The Bertz CT molecular complexity index is 801. The number of amides is 1. The Labute approximate surface area is 160 Å². The SMILES string of the molecule is COc1ccc2cc([C@@H]3CN(C(=O)CCN4CCCC4)CCO3)ccc2c1. The van der Waals surface area contributed by atoms with E-state index in [-0.39, 0.29) is 12.0 Å². The van der Waals surface area contributed by atoms with Gasteiger partial charge in [-0.05, 0) is 60.5 Å². The average Bonchev–Trinajstić information content (AvgIpc) is 3.25. The van der Waals surface area contributed by atoms with Crippen LogP contribution in [0.5, 0.6) is 5.75 Å². The van der Waals surface area contributed by atoms with Gasteiger partial charge in [0.1, 0.15) is 11.9 Å². The predicted octanol–water partition coefficient (Wildman–Crippen LogP) is 3.23. The fraction of sp³-hybridized carbons (Fsp3) is 0.500. The molecule has 1 atom stereocenters. The molecule has 2 aromatic rings. The summed E-state index contributed by atoms with van der Waals surface area (Å²) in [6.07, 6.45) is 3.09. The van der Waals surface area contributed by atoms with Crippen LogP contribution in [0.2, 0.25) is 0 Å². The Morgan fingerprint density at radius 2 is 1.89 bits per heavy atom. The van der Waals surface area contributed by atoms with Crippen LogP contribution in [-0.4, -0.2) is 62.1 Å². The maximum absolute atomic E-state index is 12.6. The molecule has 144 valence electrons. The number of benzene rings is 2.